The molecule has 0 fully saturated rings. The van der Waals surface area contributed by atoms with Crippen molar-refractivity contribution < 1.29 is 13.9 Å². The fourth-order valence-electron chi connectivity index (χ4n) is 2.26. The van der Waals surface area contributed by atoms with E-state index in [2.05, 4.69) is 28.2 Å². The number of ether oxygens (including phenoxy) is 2. The molecule has 0 spiro atoms. The standard InChI is InChI=1S/C16H20BrNO3/c1-4-18-16(14-8-6-12(21-14)10-19-2)13-7-5-11(17)9-15(13)20-3/h5-9,16,18H,4,10H2,1-3H3. The average Bonchev–Trinajstić information content (AvgIpc) is 2.94. The maximum atomic E-state index is 5.87. The zero-order valence-electron chi connectivity index (χ0n) is 12.5. The molecule has 4 nitrogen and oxygen atoms in total. The first-order valence-electron chi connectivity index (χ1n) is 6.84. The van der Waals surface area contributed by atoms with Crippen molar-refractivity contribution >= 4 is 15.9 Å². The molecule has 0 aliphatic carbocycles. The predicted octanol–water partition coefficient (Wildman–Crippen LogP) is 3.90. The first-order valence-corrected chi connectivity index (χ1v) is 7.63. The molecule has 0 aliphatic heterocycles. The van der Waals surface area contributed by atoms with Crippen molar-refractivity contribution in [3.05, 3.63) is 51.9 Å². The predicted molar refractivity (Wildman–Crippen MR) is 85.6 cm³/mol. The van der Waals surface area contributed by atoms with Crippen LogP contribution in [0.2, 0.25) is 0 Å². The molecule has 0 radical (unpaired) electrons. The minimum Gasteiger partial charge on any atom is -0.496 e. The van der Waals surface area contributed by atoms with E-state index in [0.717, 1.165) is 33.9 Å². The van der Waals surface area contributed by atoms with Gasteiger partial charge in [-0.25, -0.2) is 0 Å². The highest BCUT2D eigenvalue weighted by Gasteiger charge is 2.21. The quantitative estimate of drug-likeness (QED) is 0.819. The highest BCUT2D eigenvalue weighted by atomic mass is 79.9. The number of benzene rings is 1. The Balaban J connectivity index is 2.37. The van der Waals surface area contributed by atoms with Gasteiger partial charge in [0.05, 0.1) is 13.2 Å². The van der Waals surface area contributed by atoms with Crippen LogP contribution in [0.3, 0.4) is 0 Å². The number of methoxy groups -OCH3 is 2. The van der Waals surface area contributed by atoms with Gasteiger partial charge in [0, 0.05) is 17.1 Å². The van der Waals surface area contributed by atoms with Crippen LogP contribution in [0.25, 0.3) is 0 Å². The molecule has 2 aromatic rings. The molecule has 2 rings (SSSR count). The van der Waals surface area contributed by atoms with Crippen molar-refractivity contribution in [3.63, 3.8) is 0 Å². The number of nitrogens with one attached hydrogen (secondary N) is 1. The van der Waals surface area contributed by atoms with Gasteiger partial charge in [0.1, 0.15) is 23.9 Å². The second kappa shape index (κ2) is 7.64. The van der Waals surface area contributed by atoms with Crippen LogP contribution < -0.4 is 10.1 Å². The highest BCUT2D eigenvalue weighted by molar-refractivity contribution is 9.10. The topological polar surface area (TPSA) is 43.6 Å². The van der Waals surface area contributed by atoms with E-state index in [9.17, 15) is 0 Å². The van der Waals surface area contributed by atoms with E-state index >= 15 is 0 Å². The molecule has 1 heterocycles. The van der Waals surface area contributed by atoms with Gasteiger partial charge in [0.15, 0.2) is 0 Å². The van der Waals surface area contributed by atoms with Crippen LogP contribution in [0.1, 0.15) is 30.0 Å². The molecule has 114 valence electrons. The molecule has 21 heavy (non-hydrogen) atoms. The van der Waals surface area contributed by atoms with E-state index < -0.39 is 0 Å². The Morgan fingerprint density at radius 3 is 2.71 bits per heavy atom. The molecular weight excluding hydrogens is 334 g/mol. The van der Waals surface area contributed by atoms with Gasteiger partial charge in [-0.1, -0.05) is 28.9 Å². The van der Waals surface area contributed by atoms with Gasteiger partial charge in [-0.3, -0.25) is 0 Å². The molecule has 1 N–H and O–H groups in total. The summed E-state index contributed by atoms with van der Waals surface area (Å²) >= 11 is 3.47. The Hall–Kier alpha value is -1.30. The first kappa shape index (κ1) is 16.1. The summed E-state index contributed by atoms with van der Waals surface area (Å²) in [5.41, 5.74) is 1.04. The lowest BCUT2D eigenvalue weighted by Gasteiger charge is -2.19. The molecule has 0 aliphatic rings. The second-order valence-electron chi connectivity index (χ2n) is 4.61. The summed E-state index contributed by atoms with van der Waals surface area (Å²) in [6.07, 6.45) is 0. The maximum Gasteiger partial charge on any atom is 0.129 e. The smallest absolute Gasteiger partial charge is 0.129 e. The largest absolute Gasteiger partial charge is 0.496 e. The Bertz CT molecular complexity index is 583. The fourth-order valence-corrected chi connectivity index (χ4v) is 2.60. The summed E-state index contributed by atoms with van der Waals surface area (Å²) < 4.78 is 17.4. The number of hydrogen-bond acceptors (Lipinski definition) is 4. The van der Waals surface area contributed by atoms with Gasteiger partial charge in [-0.2, -0.15) is 0 Å². The molecule has 0 bridgehead atoms. The Morgan fingerprint density at radius 2 is 2.05 bits per heavy atom. The van der Waals surface area contributed by atoms with Crippen molar-refractivity contribution in [1.29, 1.82) is 0 Å². The third kappa shape index (κ3) is 3.87. The van der Waals surface area contributed by atoms with E-state index in [1.54, 1.807) is 14.2 Å². The van der Waals surface area contributed by atoms with Gasteiger partial charge in [0.2, 0.25) is 0 Å². The third-order valence-corrected chi connectivity index (χ3v) is 3.66. The molecular formula is C16H20BrNO3. The van der Waals surface area contributed by atoms with Crippen LogP contribution >= 0.6 is 15.9 Å². The van der Waals surface area contributed by atoms with Crippen molar-refractivity contribution in [2.75, 3.05) is 20.8 Å². The van der Waals surface area contributed by atoms with Gasteiger partial charge in [0.25, 0.3) is 0 Å². The zero-order chi connectivity index (χ0) is 15.2. The summed E-state index contributed by atoms with van der Waals surface area (Å²) in [5, 5.41) is 3.43. The summed E-state index contributed by atoms with van der Waals surface area (Å²) in [5.74, 6) is 2.48. The van der Waals surface area contributed by atoms with Crippen molar-refractivity contribution in [3.8, 4) is 5.75 Å². The van der Waals surface area contributed by atoms with E-state index in [4.69, 9.17) is 13.9 Å². The molecule has 1 aromatic heterocycles. The van der Waals surface area contributed by atoms with E-state index in [1.807, 2.05) is 30.3 Å². The normalized spacial score (nSPS) is 12.4. The highest BCUT2D eigenvalue weighted by Crippen LogP contribution is 2.33. The molecule has 1 unspecified atom stereocenters. The van der Waals surface area contributed by atoms with Gasteiger partial charge < -0.3 is 19.2 Å². The van der Waals surface area contributed by atoms with Gasteiger partial charge >= 0.3 is 0 Å². The Morgan fingerprint density at radius 1 is 1.24 bits per heavy atom. The summed E-state index contributed by atoms with van der Waals surface area (Å²) in [6, 6.07) is 9.86. The fraction of sp³-hybridized carbons (Fsp3) is 0.375. The lowest BCUT2D eigenvalue weighted by Crippen LogP contribution is -2.22. The molecule has 0 amide bonds. The van der Waals surface area contributed by atoms with Crippen molar-refractivity contribution in [2.24, 2.45) is 0 Å². The van der Waals surface area contributed by atoms with Gasteiger partial charge in [-0.05, 0) is 30.8 Å². The van der Waals surface area contributed by atoms with E-state index in [1.165, 1.54) is 0 Å². The summed E-state index contributed by atoms with van der Waals surface area (Å²) in [7, 11) is 3.33. The van der Waals surface area contributed by atoms with Crippen LogP contribution in [0, 0.1) is 0 Å². The second-order valence-corrected chi connectivity index (χ2v) is 5.53. The minimum atomic E-state index is -0.0522. The SMILES string of the molecule is CCNC(c1ccc(COC)o1)c1ccc(Br)cc1OC. The van der Waals surface area contributed by atoms with Crippen molar-refractivity contribution in [2.45, 2.75) is 19.6 Å². The van der Waals surface area contributed by atoms with Crippen LogP contribution in [0.15, 0.2) is 39.2 Å². The molecule has 0 saturated heterocycles. The monoisotopic (exact) mass is 353 g/mol. The van der Waals surface area contributed by atoms with E-state index in [-0.39, 0.29) is 6.04 Å². The average molecular weight is 354 g/mol. The Labute approximate surface area is 133 Å². The lowest BCUT2D eigenvalue weighted by molar-refractivity contribution is 0.162. The lowest BCUT2D eigenvalue weighted by atomic mass is 10.0. The van der Waals surface area contributed by atoms with Crippen LogP contribution in [-0.4, -0.2) is 20.8 Å². The third-order valence-electron chi connectivity index (χ3n) is 3.17. The summed E-state index contributed by atoms with van der Waals surface area (Å²) in [6.45, 7) is 3.36. The number of hydrogen-bond donors (Lipinski definition) is 1. The zero-order valence-corrected chi connectivity index (χ0v) is 14.1. The van der Waals surface area contributed by atoms with Crippen LogP contribution in [0.4, 0.5) is 0 Å². The van der Waals surface area contributed by atoms with E-state index in [0.29, 0.717) is 6.61 Å². The number of furan rings is 1. The minimum absolute atomic E-state index is 0.0522. The maximum absolute atomic E-state index is 5.87. The molecule has 1 aromatic carbocycles. The van der Waals surface area contributed by atoms with Gasteiger partial charge in [-0.15, -0.1) is 0 Å². The number of halogens is 1. The van der Waals surface area contributed by atoms with Crippen LogP contribution in [-0.2, 0) is 11.3 Å². The number of rotatable bonds is 7. The molecule has 5 heteroatoms. The molecule has 0 saturated carbocycles. The van der Waals surface area contributed by atoms with Crippen LogP contribution in [0.5, 0.6) is 5.75 Å². The Kier molecular flexibility index (Phi) is 5.85. The van der Waals surface area contributed by atoms with Crippen molar-refractivity contribution in [1.82, 2.24) is 5.32 Å². The summed E-state index contributed by atoms with van der Waals surface area (Å²) in [4.78, 5) is 0. The molecule has 1 atom stereocenters. The first-order chi connectivity index (χ1) is 10.2.